The lowest BCUT2D eigenvalue weighted by molar-refractivity contribution is -0.130. The van der Waals surface area contributed by atoms with Crippen molar-refractivity contribution in [3.05, 3.63) is 18.5 Å². The molecule has 8 heteroatoms. The van der Waals surface area contributed by atoms with Crippen LogP contribution >= 0.6 is 0 Å². The van der Waals surface area contributed by atoms with E-state index in [9.17, 15) is 9.59 Å². The summed E-state index contributed by atoms with van der Waals surface area (Å²) in [6, 6.07) is 1.75. The van der Waals surface area contributed by atoms with Crippen LogP contribution in [0.4, 0.5) is 10.7 Å². The van der Waals surface area contributed by atoms with E-state index in [4.69, 9.17) is 5.11 Å². The molecule has 0 unspecified atom stereocenters. The second-order valence-electron chi connectivity index (χ2n) is 4.08. The van der Waals surface area contributed by atoms with Crippen molar-refractivity contribution >= 4 is 17.9 Å². The maximum atomic E-state index is 11.7. The van der Waals surface area contributed by atoms with Crippen molar-refractivity contribution in [3.63, 3.8) is 0 Å². The van der Waals surface area contributed by atoms with Crippen LogP contribution in [0.15, 0.2) is 18.5 Å². The molecule has 102 valence electrons. The lowest BCUT2D eigenvalue weighted by Gasteiger charge is -2.34. The van der Waals surface area contributed by atoms with Crippen molar-refractivity contribution in [2.75, 3.05) is 37.6 Å². The molecule has 1 aliphatic heterocycles. The maximum Gasteiger partial charge on any atom is 0.405 e. The summed E-state index contributed by atoms with van der Waals surface area (Å²) in [4.78, 5) is 33.9. The third-order valence-electron chi connectivity index (χ3n) is 2.86. The minimum Gasteiger partial charge on any atom is -0.465 e. The summed E-state index contributed by atoms with van der Waals surface area (Å²) in [7, 11) is 0. The Morgan fingerprint density at radius 2 is 1.84 bits per heavy atom. The number of nitrogens with zero attached hydrogens (tertiary/aromatic N) is 4. The van der Waals surface area contributed by atoms with Crippen LogP contribution in [0.5, 0.6) is 0 Å². The number of hydrogen-bond acceptors (Lipinski definition) is 5. The summed E-state index contributed by atoms with van der Waals surface area (Å²) in [5.41, 5.74) is 0. The molecule has 0 bridgehead atoms. The third-order valence-corrected chi connectivity index (χ3v) is 2.86. The first-order valence-corrected chi connectivity index (χ1v) is 5.93. The lowest BCUT2D eigenvalue weighted by atomic mass is 10.3. The standard InChI is InChI=1S/C11H15N5O3/c17-9(8-14-11(18)19)15-4-6-16(7-5-15)10-12-2-1-3-13-10/h1-3,14H,4-8H2,(H,18,19). The SMILES string of the molecule is O=C(O)NCC(=O)N1CCN(c2ncccn2)CC1. The molecule has 1 aromatic heterocycles. The van der Waals surface area contributed by atoms with Crippen LogP contribution in [-0.4, -0.2) is 64.7 Å². The van der Waals surface area contributed by atoms with Gasteiger partial charge in [0.15, 0.2) is 0 Å². The van der Waals surface area contributed by atoms with E-state index in [0.717, 1.165) is 0 Å². The fourth-order valence-corrected chi connectivity index (χ4v) is 1.87. The molecule has 19 heavy (non-hydrogen) atoms. The quantitative estimate of drug-likeness (QED) is 0.756. The van der Waals surface area contributed by atoms with Gasteiger partial charge in [-0.25, -0.2) is 14.8 Å². The third kappa shape index (κ3) is 3.54. The highest BCUT2D eigenvalue weighted by Gasteiger charge is 2.22. The van der Waals surface area contributed by atoms with Gasteiger partial charge in [-0.1, -0.05) is 0 Å². The highest BCUT2D eigenvalue weighted by Crippen LogP contribution is 2.09. The predicted molar refractivity (Wildman–Crippen MR) is 66.9 cm³/mol. The van der Waals surface area contributed by atoms with E-state index < -0.39 is 6.09 Å². The van der Waals surface area contributed by atoms with Crippen LogP contribution < -0.4 is 10.2 Å². The molecule has 2 amide bonds. The Bertz CT molecular complexity index is 445. The molecule has 0 atom stereocenters. The summed E-state index contributed by atoms with van der Waals surface area (Å²) < 4.78 is 0. The Morgan fingerprint density at radius 3 is 2.42 bits per heavy atom. The van der Waals surface area contributed by atoms with Gasteiger partial charge in [-0.15, -0.1) is 0 Å². The second-order valence-corrected chi connectivity index (χ2v) is 4.08. The lowest BCUT2D eigenvalue weighted by Crippen LogP contribution is -2.51. The highest BCUT2D eigenvalue weighted by molar-refractivity contribution is 5.82. The average Bonchev–Trinajstić information content (AvgIpc) is 2.46. The van der Waals surface area contributed by atoms with Gasteiger partial charge in [0.2, 0.25) is 11.9 Å². The number of carboxylic acid groups (broad SMARTS) is 1. The first-order valence-electron chi connectivity index (χ1n) is 5.93. The van der Waals surface area contributed by atoms with Gasteiger partial charge in [0, 0.05) is 38.6 Å². The van der Waals surface area contributed by atoms with Crippen LogP contribution in [0.1, 0.15) is 0 Å². The van der Waals surface area contributed by atoms with Crippen molar-refractivity contribution < 1.29 is 14.7 Å². The van der Waals surface area contributed by atoms with Crippen LogP contribution in [0.2, 0.25) is 0 Å². The van der Waals surface area contributed by atoms with Crippen molar-refractivity contribution in [1.29, 1.82) is 0 Å². The van der Waals surface area contributed by atoms with E-state index >= 15 is 0 Å². The summed E-state index contributed by atoms with van der Waals surface area (Å²) >= 11 is 0. The summed E-state index contributed by atoms with van der Waals surface area (Å²) in [6.45, 7) is 2.18. The van der Waals surface area contributed by atoms with Crippen LogP contribution in [0.3, 0.4) is 0 Å². The van der Waals surface area contributed by atoms with E-state index in [0.29, 0.717) is 32.1 Å². The van der Waals surface area contributed by atoms with Gasteiger partial charge in [0.05, 0.1) is 0 Å². The second kappa shape index (κ2) is 5.98. The summed E-state index contributed by atoms with van der Waals surface area (Å²) in [5, 5.41) is 10.5. The molecule has 2 N–H and O–H groups in total. The molecule has 0 aliphatic carbocycles. The Balaban J connectivity index is 1.82. The van der Waals surface area contributed by atoms with Crippen molar-refractivity contribution in [2.24, 2.45) is 0 Å². The molecule has 0 saturated carbocycles. The van der Waals surface area contributed by atoms with Gasteiger partial charge in [-0.3, -0.25) is 4.79 Å². The van der Waals surface area contributed by atoms with Gasteiger partial charge in [0.1, 0.15) is 6.54 Å². The van der Waals surface area contributed by atoms with Crippen LogP contribution in [0, 0.1) is 0 Å². The van der Waals surface area contributed by atoms with Crippen molar-refractivity contribution in [2.45, 2.75) is 0 Å². The molecule has 0 spiro atoms. The van der Waals surface area contributed by atoms with Crippen molar-refractivity contribution in [3.8, 4) is 0 Å². The van der Waals surface area contributed by atoms with Gasteiger partial charge >= 0.3 is 6.09 Å². The molecule has 2 heterocycles. The fourth-order valence-electron chi connectivity index (χ4n) is 1.87. The molecular formula is C11H15N5O3. The number of amides is 2. The highest BCUT2D eigenvalue weighted by atomic mass is 16.4. The molecule has 0 aromatic carbocycles. The van der Waals surface area contributed by atoms with E-state index in [1.54, 1.807) is 23.4 Å². The molecule has 1 aromatic rings. The van der Waals surface area contributed by atoms with Crippen LogP contribution in [0.25, 0.3) is 0 Å². The topological polar surface area (TPSA) is 98.7 Å². The molecular weight excluding hydrogens is 250 g/mol. The van der Waals surface area contributed by atoms with E-state index in [1.165, 1.54) is 0 Å². The molecule has 0 radical (unpaired) electrons. The molecule has 1 aliphatic rings. The Hall–Kier alpha value is -2.38. The van der Waals surface area contributed by atoms with E-state index in [2.05, 4.69) is 15.3 Å². The van der Waals surface area contributed by atoms with E-state index in [-0.39, 0.29) is 12.5 Å². The monoisotopic (exact) mass is 265 g/mol. The number of rotatable bonds is 3. The van der Waals surface area contributed by atoms with Gasteiger partial charge in [0.25, 0.3) is 0 Å². The molecule has 2 rings (SSSR count). The van der Waals surface area contributed by atoms with Gasteiger partial charge < -0.3 is 20.2 Å². The first-order chi connectivity index (χ1) is 9.16. The normalized spacial score (nSPS) is 15.2. The average molecular weight is 265 g/mol. The number of hydrogen-bond donors (Lipinski definition) is 2. The number of nitrogens with one attached hydrogen (secondary N) is 1. The van der Waals surface area contributed by atoms with Crippen LogP contribution in [-0.2, 0) is 4.79 Å². The molecule has 1 saturated heterocycles. The zero-order valence-corrected chi connectivity index (χ0v) is 10.3. The number of carbonyl (C=O) groups excluding carboxylic acids is 1. The Morgan fingerprint density at radius 1 is 1.21 bits per heavy atom. The largest absolute Gasteiger partial charge is 0.465 e. The van der Waals surface area contributed by atoms with Gasteiger partial charge in [-0.05, 0) is 6.07 Å². The fraction of sp³-hybridized carbons (Fsp3) is 0.455. The maximum absolute atomic E-state index is 11.7. The predicted octanol–water partition coefficient (Wildman–Crippen LogP) is -0.607. The zero-order valence-electron chi connectivity index (χ0n) is 10.3. The van der Waals surface area contributed by atoms with Gasteiger partial charge in [-0.2, -0.15) is 0 Å². The smallest absolute Gasteiger partial charge is 0.405 e. The Labute approximate surface area is 110 Å². The first kappa shape index (κ1) is 13.1. The number of carbonyl (C=O) groups is 2. The number of piperazine rings is 1. The number of aromatic nitrogens is 2. The zero-order chi connectivity index (χ0) is 13.7. The minimum atomic E-state index is -1.19. The van der Waals surface area contributed by atoms with Crippen molar-refractivity contribution in [1.82, 2.24) is 20.2 Å². The Kier molecular flexibility index (Phi) is 4.11. The summed E-state index contributed by atoms with van der Waals surface area (Å²) in [5.74, 6) is 0.439. The van der Waals surface area contributed by atoms with E-state index in [1.807, 2.05) is 4.90 Å². The minimum absolute atomic E-state index is 0.183. The number of anilines is 1. The molecule has 1 fully saturated rings. The summed E-state index contributed by atoms with van der Waals surface area (Å²) in [6.07, 6.45) is 2.16. The molecule has 8 nitrogen and oxygen atoms in total.